The average molecular weight is 215 g/mol. The second kappa shape index (κ2) is 4.22. The lowest BCUT2D eigenvalue weighted by Gasteiger charge is -2.11. The van der Waals surface area contributed by atoms with Crippen molar-refractivity contribution >= 4 is 11.6 Å². The number of halogens is 2. The van der Waals surface area contributed by atoms with Crippen LogP contribution in [0.5, 0.6) is 0 Å². The molecular weight excluding hydrogens is 204 g/mol. The van der Waals surface area contributed by atoms with Crippen LogP contribution >= 0.6 is 0 Å². The Balaban J connectivity index is 3.20. The quantitative estimate of drug-likeness (QED) is 0.570. The van der Waals surface area contributed by atoms with Crippen molar-refractivity contribution in [2.75, 3.05) is 19.5 Å². The maximum absolute atomic E-state index is 13.2. The minimum absolute atomic E-state index is 0.0611. The standard InChI is InChI=1S/C9H11F2N3O/c1-14(2)9(15)5-3-6(10)8(13-12)7(11)4-5/h3-4,13H,12H2,1-2H3. The van der Waals surface area contributed by atoms with Gasteiger partial charge in [0.1, 0.15) is 5.69 Å². The van der Waals surface area contributed by atoms with E-state index in [0.717, 1.165) is 12.1 Å². The van der Waals surface area contributed by atoms with Gasteiger partial charge in [0.2, 0.25) is 0 Å². The Morgan fingerprint density at radius 3 is 2.13 bits per heavy atom. The molecule has 15 heavy (non-hydrogen) atoms. The molecule has 1 aromatic carbocycles. The highest BCUT2D eigenvalue weighted by Gasteiger charge is 2.15. The Labute approximate surface area is 85.6 Å². The fourth-order valence-corrected chi connectivity index (χ4v) is 1.09. The van der Waals surface area contributed by atoms with Crippen LogP contribution < -0.4 is 11.3 Å². The molecule has 0 atom stereocenters. The first-order chi connectivity index (χ1) is 6.97. The van der Waals surface area contributed by atoms with E-state index >= 15 is 0 Å². The summed E-state index contributed by atoms with van der Waals surface area (Å²) in [4.78, 5) is 12.6. The summed E-state index contributed by atoms with van der Waals surface area (Å²) >= 11 is 0. The number of nitrogen functional groups attached to an aromatic ring is 1. The molecule has 0 saturated heterocycles. The molecule has 0 saturated carbocycles. The summed E-state index contributed by atoms with van der Waals surface area (Å²) in [6, 6.07) is 1.86. The minimum Gasteiger partial charge on any atom is -0.345 e. The summed E-state index contributed by atoms with van der Waals surface area (Å²) in [5.74, 6) is 2.64. The van der Waals surface area contributed by atoms with Crippen molar-refractivity contribution in [1.82, 2.24) is 4.90 Å². The van der Waals surface area contributed by atoms with Crippen LogP contribution in [0.25, 0.3) is 0 Å². The molecule has 0 spiro atoms. The summed E-state index contributed by atoms with van der Waals surface area (Å²) in [6.07, 6.45) is 0. The van der Waals surface area contributed by atoms with E-state index in [9.17, 15) is 13.6 Å². The van der Waals surface area contributed by atoms with Gasteiger partial charge in [0.25, 0.3) is 5.91 Å². The zero-order chi connectivity index (χ0) is 11.6. The number of nitrogens with two attached hydrogens (primary N) is 1. The van der Waals surface area contributed by atoms with E-state index in [-0.39, 0.29) is 5.56 Å². The number of hydrogen-bond donors (Lipinski definition) is 2. The lowest BCUT2D eigenvalue weighted by Crippen LogP contribution is -2.22. The Bertz CT molecular complexity index is 370. The highest BCUT2D eigenvalue weighted by Crippen LogP contribution is 2.20. The van der Waals surface area contributed by atoms with Gasteiger partial charge >= 0.3 is 0 Å². The van der Waals surface area contributed by atoms with Crippen LogP contribution in [-0.2, 0) is 0 Å². The monoisotopic (exact) mass is 215 g/mol. The molecule has 0 bridgehead atoms. The number of carbonyl (C=O) groups excluding carboxylic acids is 1. The molecule has 0 aliphatic heterocycles. The lowest BCUT2D eigenvalue weighted by molar-refractivity contribution is 0.0826. The first kappa shape index (κ1) is 11.4. The molecular formula is C9H11F2N3O. The molecule has 82 valence electrons. The third-order valence-electron chi connectivity index (χ3n) is 1.84. The van der Waals surface area contributed by atoms with Gasteiger partial charge in [-0.3, -0.25) is 10.6 Å². The largest absolute Gasteiger partial charge is 0.345 e. The smallest absolute Gasteiger partial charge is 0.253 e. The molecule has 1 aromatic rings. The number of carbonyl (C=O) groups is 1. The second-order valence-electron chi connectivity index (χ2n) is 3.16. The number of hydrogen-bond acceptors (Lipinski definition) is 3. The minimum atomic E-state index is -0.900. The van der Waals surface area contributed by atoms with E-state index in [1.807, 2.05) is 5.43 Å². The normalized spacial score (nSPS) is 9.93. The summed E-state index contributed by atoms with van der Waals surface area (Å²) in [7, 11) is 2.99. The van der Waals surface area contributed by atoms with E-state index in [0.29, 0.717) is 0 Å². The molecule has 6 heteroatoms. The zero-order valence-electron chi connectivity index (χ0n) is 8.34. The Morgan fingerprint density at radius 2 is 1.80 bits per heavy atom. The van der Waals surface area contributed by atoms with Crippen LogP contribution in [-0.4, -0.2) is 24.9 Å². The topological polar surface area (TPSA) is 58.4 Å². The van der Waals surface area contributed by atoms with E-state index in [2.05, 4.69) is 0 Å². The van der Waals surface area contributed by atoms with Crippen molar-refractivity contribution in [3.8, 4) is 0 Å². The van der Waals surface area contributed by atoms with Crippen LogP contribution in [0.1, 0.15) is 10.4 Å². The Morgan fingerprint density at radius 1 is 1.33 bits per heavy atom. The third kappa shape index (κ3) is 2.21. The maximum Gasteiger partial charge on any atom is 0.253 e. The first-order valence-electron chi connectivity index (χ1n) is 4.14. The van der Waals surface area contributed by atoms with Crippen molar-refractivity contribution in [2.24, 2.45) is 5.84 Å². The highest BCUT2D eigenvalue weighted by atomic mass is 19.1. The summed E-state index contributed by atoms with van der Waals surface area (Å²) in [6.45, 7) is 0. The molecule has 0 unspecified atom stereocenters. The summed E-state index contributed by atoms with van der Waals surface area (Å²) in [5.41, 5.74) is 1.37. The van der Waals surface area contributed by atoms with Crippen molar-refractivity contribution in [3.63, 3.8) is 0 Å². The van der Waals surface area contributed by atoms with E-state index in [1.54, 1.807) is 0 Å². The van der Waals surface area contributed by atoms with E-state index in [4.69, 9.17) is 5.84 Å². The number of nitrogens with one attached hydrogen (secondary N) is 1. The molecule has 4 nitrogen and oxygen atoms in total. The number of hydrazine groups is 1. The summed E-state index contributed by atoms with van der Waals surface area (Å²) < 4.78 is 26.4. The maximum atomic E-state index is 13.2. The van der Waals surface area contributed by atoms with Crippen LogP contribution in [0.4, 0.5) is 14.5 Å². The average Bonchev–Trinajstić information content (AvgIpc) is 2.15. The predicted molar refractivity (Wildman–Crippen MR) is 52.2 cm³/mol. The third-order valence-corrected chi connectivity index (χ3v) is 1.84. The Kier molecular flexibility index (Phi) is 3.21. The van der Waals surface area contributed by atoms with Gasteiger partial charge in [-0.25, -0.2) is 8.78 Å². The van der Waals surface area contributed by atoms with Crippen molar-refractivity contribution in [2.45, 2.75) is 0 Å². The Hall–Kier alpha value is -1.69. The van der Waals surface area contributed by atoms with Crippen LogP contribution in [0.3, 0.4) is 0 Å². The van der Waals surface area contributed by atoms with E-state index < -0.39 is 23.2 Å². The number of rotatable bonds is 2. The number of nitrogens with zero attached hydrogens (tertiary/aromatic N) is 1. The van der Waals surface area contributed by atoms with Gasteiger partial charge in [-0.1, -0.05) is 0 Å². The van der Waals surface area contributed by atoms with Gasteiger partial charge in [-0.15, -0.1) is 0 Å². The molecule has 0 radical (unpaired) electrons. The van der Waals surface area contributed by atoms with Gasteiger partial charge in [-0.2, -0.15) is 0 Å². The number of benzene rings is 1. The van der Waals surface area contributed by atoms with Crippen LogP contribution in [0, 0.1) is 11.6 Å². The second-order valence-corrected chi connectivity index (χ2v) is 3.16. The van der Waals surface area contributed by atoms with Crippen molar-refractivity contribution in [3.05, 3.63) is 29.3 Å². The van der Waals surface area contributed by atoms with Gasteiger partial charge in [-0.05, 0) is 12.1 Å². The van der Waals surface area contributed by atoms with Crippen LogP contribution in [0.2, 0.25) is 0 Å². The van der Waals surface area contributed by atoms with E-state index in [1.165, 1.54) is 19.0 Å². The molecule has 0 heterocycles. The van der Waals surface area contributed by atoms with Gasteiger partial charge in [0.05, 0.1) is 0 Å². The zero-order valence-corrected chi connectivity index (χ0v) is 8.34. The number of amides is 1. The van der Waals surface area contributed by atoms with Crippen molar-refractivity contribution in [1.29, 1.82) is 0 Å². The lowest BCUT2D eigenvalue weighted by atomic mass is 10.1. The molecule has 1 rings (SSSR count). The molecule has 0 aliphatic rings. The van der Waals surface area contributed by atoms with Gasteiger partial charge < -0.3 is 10.3 Å². The molecule has 0 aliphatic carbocycles. The fourth-order valence-electron chi connectivity index (χ4n) is 1.09. The highest BCUT2D eigenvalue weighted by molar-refractivity contribution is 5.94. The SMILES string of the molecule is CN(C)C(=O)c1cc(F)c(NN)c(F)c1. The molecule has 3 N–H and O–H groups in total. The molecule has 0 fully saturated rings. The number of anilines is 1. The van der Waals surface area contributed by atoms with Gasteiger partial charge in [0.15, 0.2) is 11.6 Å². The predicted octanol–water partition coefficient (Wildman–Crippen LogP) is 0.952. The molecule has 0 aromatic heterocycles. The first-order valence-corrected chi connectivity index (χ1v) is 4.14. The van der Waals surface area contributed by atoms with Crippen LogP contribution in [0.15, 0.2) is 12.1 Å². The summed E-state index contributed by atoms with van der Waals surface area (Å²) in [5, 5.41) is 0. The fraction of sp³-hybridized carbons (Fsp3) is 0.222. The van der Waals surface area contributed by atoms with Gasteiger partial charge in [0, 0.05) is 19.7 Å². The van der Waals surface area contributed by atoms with Crippen molar-refractivity contribution < 1.29 is 13.6 Å². The molecule has 1 amide bonds.